The topological polar surface area (TPSA) is 52.8 Å². The maximum absolute atomic E-state index is 6.02. The molecule has 0 radical (unpaired) electrons. The second kappa shape index (κ2) is 6.43. The van der Waals surface area contributed by atoms with Gasteiger partial charge in [-0.25, -0.2) is 0 Å². The van der Waals surface area contributed by atoms with Crippen molar-refractivity contribution in [2.24, 2.45) is 0 Å². The maximum atomic E-state index is 6.02. The van der Waals surface area contributed by atoms with Gasteiger partial charge in [0, 0.05) is 0 Å². The minimum atomic E-state index is 0.351. The zero-order valence-electron chi connectivity index (χ0n) is 10.7. The Balaban J connectivity index is 1.61. The number of rotatable bonds is 5. The van der Waals surface area contributed by atoms with Crippen LogP contribution >= 0.6 is 34.5 Å². The molecular formula is C13H10Cl2N4OS. The third-order valence-electron chi connectivity index (χ3n) is 2.65. The largest absolute Gasteiger partial charge is 0.488 e. The predicted molar refractivity (Wildman–Crippen MR) is 83.1 cm³/mol. The molecule has 2 aromatic heterocycles. The Morgan fingerprint density at radius 2 is 1.95 bits per heavy atom. The highest BCUT2D eigenvalue weighted by Crippen LogP contribution is 2.32. The van der Waals surface area contributed by atoms with Crippen molar-refractivity contribution in [3.05, 3.63) is 45.8 Å². The second-order valence-corrected chi connectivity index (χ2v) is 5.85. The van der Waals surface area contributed by atoms with Gasteiger partial charge >= 0.3 is 0 Å². The molecule has 8 heteroatoms. The Kier molecular flexibility index (Phi) is 4.38. The molecule has 3 aromatic rings. The molecule has 108 valence electrons. The van der Waals surface area contributed by atoms with E-state index >= 15 is 0 Å². The summed E-state index contributed by atoms with van der Waals surface area (Å²) in [6, 6.07) is 9.12. The van der Waals surface area contributed by atoms with Gasteiger partial charge in [-0.1, -0.05) is 35.3 Å². The van der Waals surface area contributed by atoms with Crippen molar-refractivity contribution >= 4 is 34.5 Å². The van der Waals surface area contributed by atoms with Crippen molar-refractivity contribution in [1.29, 1.82) is 0 Å². The fourth-order valence-electron chi connectivity index (χ4n) is 1.69. The van der Waals surface area contributed by atoms with E-state index in [9.17, 15) is 0 Å². The molecule has 21 heavy (non-hydrogen) atoms. The number of hydrogen-bond donors (Lipinski definition) is 0. The number of hydrogen-bond acceptors (Lipinski definition) is 5. The molecule has 2 heterocycles. The Hall–Kier alpha value is -1.63. The lowest BCUT2D eigenvalue weighted by Crippen LogP contribution is -2.11. The molecular weight excluding hydrogens is 331 g/mol. The average Bonchev–Trinajstić information content (AvgIpc) is 3.12. The van der Waals surface area contributed by atoms with Gasteiger partial charge in [0.1, 0.15) is 6.61 Å². The monoisotopic (exact) mass is 340 g/mol. The van der Waals surface area contributed by atoms with Gasteiger partial charge in [-0.3, -0.25) is 0 Å². The summed E-state index contributed by atoms with van der Waals surface area (Å²) in [5.74, 6) is 1.08. The van der Waals surface area contributed by atoms with Gasteiger partial charge < -0.3 is 4.74 Å². The van der Waals surface area contributed by atoms with E-state index in [1.54, 1.807) is 29.5 Å². The van der Waals surface area contributed by atoms with Crippen molar-refractivity contribution in [3.8, 4) is 16.5 Å². The standard InChI is InChI=1S/C13H10Cl2N4OS/c14-9-3-1-4-10(15)12(9)20-7-6-19-17-13(16-18-19)11-5-2-8-21-11/h1-5,8H,6-7H2. The molecule has 5 nitrogen and oxygen atoms in total. The van der Waals surface area contributed by atoms with E-state index in [1.807, 2.05) is 17.5 Å². The zero-order chi connectivity index (χ0) is 14.7. The molecule has 0 saturated heterocycles. The average molecular weight is 341 g/mol. The van der Waals surface area contributed by atoms with Gasteiger partial charge in [0.25, 0.3) is 0 Å². The fraction of sp³-hybridized carbons (Fsp3) is 0.154. The molecule has 0 saturated carbocycles. The minimum absolute atomic E-state index is 0.351. The first kappa shape index (κ1) is 14.3. The first-order valence-electron chi connectivity index (χ1n) is 6.12. The molecule has 0 bridgehead atoms. The van der Waals surface area contributed by atoms with Crippen LogP contribution in [-0.4, -0.2) is 26.8 Å². The zero-order valence-corrected chi connectivity index (χ0v) is 13.1. The van der Waals surface area contributed by atoms with Gasteiger partial charge in [0.05, 0.1) is 21.5 Å². The number of aromatic nitrogens is 4. The SMILES string of the molecule is Clc1cccc(Cl)c1OCCn1nnc(-c2cccs2)n1. The summed E-state index contributed by atoms with van der Waals surface area (Å²) in [5.41, 5.74) is 0. The van der Waals surface area contributed by atoms with E-state index in [2.05, 4.69) is 15.4 Å². The molecule has 0 aliphatic rings. The lowest BCUT2D eigenvalue weighted by molar-refractivity contribution is 0.280. The molecule has 0 N–H and O–H groups in total. The van der Waals surface area contributed by atoms with E-state index in [-0.39, 0.29) is 0 Å². The van der Waals surface area contributed by atoms with Gasteiger partial charge in [0.15, 0.2) is 5.75 Å². The van der Waals surface area contributed by atoms with Crippen molar-refractivity contribution in [1.82, 2.24) is 20.2 Å². The number of benzene rings is 1. The Bertz CT molecular complexity index is 709. The summed E-state index contributed by atoms with van der Waals surface area (Å²) in [7, 11) is 0. The highest BCUT2D eigenvalue weighted by atomic mass is 35.5. The van der Waals surface area contributed by atoms with Crippen LogP contribution in [-0.2, 0) is 6.54 Å². The summed E-state index contributed by atoms with van der Waals surface area (Å²) >= 11 is 13.6. The van der Waals surface area contributed by atoms with Crippen molar-refractivity contribution in [2.75, 3.05) is 6.61 Å². The van der Waals surface area contributed by atoms with E-state index in [4.69, 9.17) is 27.9 Å². The lowest BCUT2D eigenvalue weighted by atomic mass is 10.3. The lowest BCUT2D eigenvalue weighted by Gasteiger charge is -2.08. The number of tetrazole rings is 1. The summed E-state index contributed by atoms with van der Waals surface area (Å²) in [6.45, 7) is 0.809. The normalized spacial score (nSPS) is 10.8. The smallest absolute Gasteiger partial charge is 0.214 e. The quantitative estimate of drug-likeness (QED) is 0.709. The van der Waals surface area contributed by atoms with Gasteiger partial charge in [-0.15, -0.1) is 21.5 Å². The number of para-hydroxylation sites is 1. The third-order valence-corrected chi connectivity index (χ3v) is 4.11. The summed E-state index contributed by atoms with van der Waals surface area (Å²) in [4.78, 5) is 2.47. The molecule has 0 fully saturated rings. The number of ether oxygens (including phenoxy) is 1. The van der Waals surface area contributed by atoms with Crippen LogP contribution in [0.4, 0.5) is 0 Å². The second-order valence-electron chi connectivity index (χ2n) is 4.09. The van der Waals surface area contributed by atoms with E-state index in [0.29, 0.717) is 34.8 Å². The van der Waals surface area contributed by atoms with Crippen molar-refractivity contribution in [2.45, 2.75) is 6.54 Å². The van der Waals surface area contributed by atoms with Crippen molar-refractivity contribution < 1.29 is 4.74 Å². The van der Waals surface area contributed by atoms with Crippen LogP contribution in [0, 0.1) is 0 Å². The van der Waals surface area contributed by atoms with Crippen LogP contribution in [0.2, 0.25) is 10.0 Å². The molecule has 3 rings (SSSR count). The van der Waals surface area contributed by atoms with Crippen molar-refractivity contribution in [3.63, 3.8) is 0 Å². The summed E-state index contributed by atoms with van der Waals surface area (Å²) in [5, 5.41) is 15.2. The van der Waals surface area contributed by atoms with Crippen LogP contribution in [0.5, 0.6) is 5.75 Å². The molecule has 1 aromatic carbocycles. The van der Waals surface area contributed by atoms with Crippen LogP contribution in [0.3, 0.4) is 0 Å². The first-order chi connectivity index (χ1) is 10.2. The van der Waals surface area contributed by atoms with E-state index < -0.39 is 0 Å². The molecule has 0 atom stereocenters. The van der Waals surface area contributed by atoms with Gasteiger partial charge in [-0.2, -0.15) is 4.80 Å². The Morgan fingerprint density at radius 1 is 1.14 bits per heavy atom. The maximum Gasteiger partial charge on any atom is 0.214 e. The first-order valence-corrected chi connectivity index (χ1v) is 7.76. The van der Waals surface area contributed by atoms with Gasteiger partial charge in [-0.05, 0) is 28.8 Å². The molecule has 0 unspecified atom stereocenters. The van der Waals surface area contributed by atoms with E-state index in [1.165, 1.54) is 4.80 Å². The minimum Gasteiger partial charge on any atom is -0.488 e. The number of nitrogens with zero attached hydrogens (tertiary/aromatic N) is 4. The highest BCUT2D eigenvalue weighted by molar-refractivity contribution is 7.13. The van der Waals surface area contributed by atoms with Crippen LogP contribution < -0.4 is 4.74 Å². The van der Waals surface area contributed by atoms with Gasteiger partial charge in [0.2, 0.25) is 5.82 Å². The highest BCUT2D eigenvalue weighted by Gasteiger charge is 2.09. The molecule has 0 aliphatic heterocycles. The summed E-state index contributed by atoms with van der Waals surface area (Å²) < 4.78 is 5.58. The number of halogens is 2. The predicted octanol–water partition coefficient (Wildman–Crippen LogP) is 3.79. The summed E-state index contributed by atoms with van der Waals surface area (Å²) in [6.07, 6.45) is 0. The third kappa shape index (κ3) is 3.34. The van der Waals surface area contributed by atoms with Crippen LogP contribution in [0.15, 0.2) is 35.7 Å². The fourth-order valence-corrected chi connectivity index (χ4v) is 2.85. The molecule has 0 spiro atoms. The Morgan fingerprint density at radius 3 is 2.67 bits per heavy atom. The number of thiophene rings is 1. The van der Waals surface area contributed by atoms with E-state index in [0.717, 1.165) is 4.88 Å². The van der Waals surface area contributed by atoms with Crippen LogP contribution in [0.25, 0.3) is 10.7 Å². The molecule has 0 amide bonds. The van der Waals surface area contributed by atoms with Crippen LogP contribution in [0.1, 0.15) is 0 Å². The molecule has 0 aliphatic carbocycles. The Labute approximate surface area is 135 Å².